The fourth-order valence-electron chi connectivity index (χ4n) is 2.20. The van der Waals surface area contributed by atoms with Crippen LogP contribution < -0.4 is 10.2 Å². The maximum absolute atomic E-state index is 5.62. The third-order valence-corrected chi connectivity index (χ3v) is 3.18. The Labute approximate surface area is 115 Å². The molecule has 19 heavy (non-hydrogen) atoms. The fraction of sp³-hybridized carbons (Fsp3) is 0.375. The first-order valence-electron chi connectivity index (χ1n) is 6.75. The second-order valence-corrected chi connectivity index (χ2v) is 4.80. The average molecular weight is 258 g/mol. The second-order valence-electron chi connectivity index (χ2n) is 4.80. The van der Waals surface area contributed by atoms with Crippen molar-refractivity contribution in [3.05, 3.63) is 53.5 Å². The third-order valence-electron chi connectivity index (χ3n) is 3.18. The van der Waals surface area contributed by atoms with Crippen LogP contribution in [0.4, 0.5) is 5.69 Å². The molecule has 0 amide bonds. The van der Waals surface area contributed by atoms with Gasteiger partial charge in [-0.1, -0.05) is 12.1 Å². The van der Waals surface area contributed by atoms with Crippen LogP contribution in [0.15, 0.2) is 41.0 Å². The van der Waals surface area contributed by atoms with E-state index in [1.807, 2.05) is 13.3 Å². The topological polar surface area (TPSA) is 28.4 Å². The van der Waals surface area contributed by atoms with E-state index in [1.54, 1.807) is 0 Å². The van der Waals surface area contributed by atoms with Gasteiger partial charge in [-0.25, -0.2) is 0 Å². The van der Waals surface area contributed by atoms with Gasteiger partial charge in [0.05, 0.1) is 12.8 Å². The predicted octanol–water partition coefficient (Wildman–Crippen LogP) is 3.33. The van der Waals surface area contributed by atoms with Crippen molar-refractivity contribution in [1.82, 2.24) is 5.32 Å². The minimum Gasteiger partial charge on any atom is -0.467 e. The number of nitrogens with zero attached hydrogens (tertiary/aromatic N) is 1. The number of anilines is 1. The van der Waals surface area contributed by atoms with E-state index in [9.17, 15) is 0 Å². The van der Waals surface area contributed by atoms with Gasteiger partial charge in [0, 0.05) is 24.3 Å². The summed E-state index contributed by atoms with van der Waals surface area (Å²) in [5, 5.41) is 3.13. The summed E-state index contributed by atoms with van der Waals surface area (Å²) in [6.07, 6.45) is 1.83. The van der Waals surface area contributed by atoms with Gasteiger partial charge < -0.3 is 14.6 Å². The van der Waals surface area contributed by atoms with E-state index in [-0.39, 0.29) is 0 Å². The van der Waals surface area contributed by atoms with Gasteiger partial charge in [-0.2, -0.15) is 0 Å². The molecule has 1 aromatic heterocycles. The van der Waals surface area contributed by atoms with Gasteiger partial charge in [0.15, 0.2) is 0 Å². The Morgan fingerprint density at radius 3 is 2.79 bits per heavy atom. The van der Waals surface area contributed by atoms with Crippen LogP contribution in [0.3, 0.4) is 0 Å². The van der Waals surface area contributed by atoms with Crippen LogP contribution in [0.5, 0.6) is 0 Å². The van der Waals surface area contributed by atoms with Crippen LogP contribution in [0.2, 0.25) is 0 Å². The Hall–Kier alpha value is -1.74. The fourth-order valence-corrected chi connectivity index (χ4v) is 2.20. The molecule has 1 heterocycles. The highest BCUT2D eigenvalue weighted by atomic mass is 16.3. The molecule has 0 saturated carbocycles. The number of aryl methyl sites for hydroxylation is 1. The van der Waals surface area contributed by atoms with Gasteiger partial charge in [-0.15, -0.1) is 0 Å². The van der Waals surface area contributed by atoms with Crippen molar-refractivity contribution in [2.24, 2.45) is 0 Å². The molecule has 0 fully saturated rings. The first-order valence-corrected chi connectivity index (χ1v) is 6.75. The molecule has 0 bridgehead atoms. The Morgan fingerprint density at radius 1 is 1.26 bits per heavy atom. The van der Waals surface area contributed by atoms with Gasteiger partial charge in [-0.3, -0.25) is 0 Å². The van der Waals surface area contributed by atoms with Crippen LogP contribution in [0.25, 0.3) is 0 Å². The minimum atomic E-state index is 0.809. The van der Waals surface area contributed by atoms with E-state index in [2.05, 4.69) is 54.4 Å². The summed E-state index contributed by atoms with van der Waals surface area (Å²) >= 11 is 0. The molecule has 0 spiro atoms. The number of furan rings is 1. The van der Waals surface area contributed by atoms with Gasteiger partial charge in [0.25, 0.3) is 0 Å². The number of hydrogen-bond acceptors (Lipinski definition) is 3. The number of benzene rings is 1. The van der Waals surface area contributed by atoms with Crippen molar-refractivity contribution in [1.29, 1.82) is 0 Å². The molecule has 102 valence electrons. The lowest BCUT2D eigenvalue weighted by Gasteiger charge is -2.22. The number of nitrogens with one attached hydrogen (secondary N) is 1. The quantitative estimate of drug-likeness (QED) is 0.861. The van der Waals surface area contributed by atoms with E-state index >= 15 is 0 Å². The Kier molecular flexibility index (Phi) is 4.63. The van der Waals surface area contributed by atoms with Crippen molar-refractivity contribution in [2.45, 2.75) is 26.9 Å². The molecule has 0 aliphatic carbocycles. The van der Waals surface area contributed by atoms with E-state index in [0.717, 1.165) is 25.4 Å². The van der Waals surface area contributed by atoms with E-state index in [1.165, 1.54) is 16.8 Å². The van der Waals surface area contributed by atoms with Crippen LogP contribution in [-0.4, -0.2) is 13.6 Å². The molecule has 0 aliphatic rings. The Balaban J connectivity index is 2.09. The van der Waals surface area contributed by atoms with Crippen LogP contribution in [0.1, 0.15) is 23.8 Å². The van der Waals surface area contributed by atoms with Crippen molar-refractivity contribution in [3.63, 3.8) is 0 Å². The molecule has 0 radical (unpaired) electrons. The van der Waals surface area contributed by atoms with Gasteiger partial charge in [0.2, 0.25) is 0 Å². The zero-order valence-corrected chi connectivity index (χ0v) is 11.9. The van der Waals surface area contributed by atoms with Crippen molar-refractivity contribution in [3.8, 4) is 0 Å². The highest BCUT2D eigenvalue weighted by molar-refractivity contribution is 5.48. The van der Waals surface area contributed by atoms with Crippen LogP contribution in [-0.2, 0) is 13.1 Å². The first kappa shape index (κ1) is 13.7. The lowest BCUT2D eigenvalue weighted by Crippen LogP contribution is -2.21. The minimum absolute atomic E-state index is 0.809. The number of rotatable bonds is 6. The third kappa shape index (κ3) is 3.61. The van der Waals surface area contributed by atoms with Crippen molar-refractivity contribution >= 4 is 5.69 Å². The molecule has 1 aromatic carbocycles. The summed E-state index contributed by atoms with van der Waals surface area (Å²) in [6, 6.07) is 10.7. The SMILES string of the molecule is CCN(Cc1cc(CNC)co1)c1cccc(C)c1. The molecule has 0 atom stereocenters. The summed E-state index contributed by atoms with van der Waals surface area (Å²) in [6.45, 7) is 6.91. The van der Waals surface area contributed by atoms with Crippen molar-refractivity contribution < 1.29 is 4.42 Å². The number of hydrogen-bond donors (Lipinski definition) is 1. The zero-order chi connectivity index (χ0) is 13.7. The van der Waals surface area contributed by atoms with Crippen LogP contribution >= 0.6 is 0 Å². The van der Waals surface area contributed by atoms with Gasteiger partial charge in [0.1, 0.15) is 5.76 Å². The summed E-state index contributed by atoms with van der Waals surface area (Å²) in [5.74, 6) is 1.01. The molecular weight excluding hydrogens is 236 g/mol. The van der Waals surface area contributed by atoms with Crippen molar-refractivity contribution in [2.75, 3.05) is 18.5 Å². The molecule has 0 unspecified atom stereocenters. The molecule has 2 rings (SSSR count). The highest BCUT2D eigenvalue weighted by Crippen LogP contribution is 2.19. The molecular formula is C16H22N2O. The van der Waals surface area contributed by atoms with Crippen LogP contribution in [0, 0.1) is 6.92 Å². The van der Waals surface area contributed by atoms with E-state index in [4.69, 9.17) is 4.42 Å². The summed E-state index contributed by atoms with van der Waals surface area (Å²) in [7, 11) is 1.94. The zero-order valence-electron chi connectivity index (χ0n) is 11.9. The summed E-state index contributed by atoms with van der Waals surface area (Å²) in [5.41, 5.74) is 3.72. The summed E-state index contributed by atoms with van der Waals surface area (Å²) < 4.78 is 5.62. The largest absolute Gasteiger partial charge is 0.467 e. The Bertz CT molecular complexity index is 519. The molecule has 3 nitrogen and oxygen atoms in total. The molecule has 3 heteroatoms. The standard InChI is InChI=1S/C16H22N2O/c1-4-18(15-7-5-6-13(2)8-15)11-16-9-14(10-17-3)12-19-16/h5-9,12,17H,4,10-11H2,1-3H3. The van der Waals surface area contributed by atoms with E-state index in [0.29, 0.717) is 0 Å². The first-order chi connectivity index (χ1) is 9.22. The van der Waals surface area contributed by atoms with E-state index < -0.39 is 0 Å². The maximum atomic E-state index is 5.62. The lowest BCUT2D eigenvalue weighted by molar-refractivity contribution is 0.501. The van der Waals surface area contributed by atoms with Gasteiger partial charge in [-0.05, 0) is 44.7 Å². The van der Waals surface area contributed by atoms with Gasteiger partial charge >= 0.3 is 0 Å². The predicted molar refractivity (Wildman–Crippen MR) is 79.4 cm³/mol. The summed E-state index contributed by atoms with van der Waals surface area (Å²) in [4.78, 5) is 2.31. The average Bonchev–Trinajstić information content (AvgIpc) is 2.84. The lowest BCUT2D eigenvalue weighted by atomic mass is 10.2. The monoisotopic (exact) mass is 258 g/mol. The maximum Gasteiger partial charge on any atom is 0.123 e. The molecule has 0 aliphatic heterocycles. The molecule has 2 aromatic rings. The normalized spacial score (nSPS) is 10.7. The second kappa shape index (κ2) is 6.43. The molecule has 1 N–H and O–H groups in total. The Morgan fingerprint density at radius 2 is 2.11 bits per heavy atom. The molecule has 0 saturated heterocycles. The highest BCUT2D eigenvalue weighted by Gasteiger charge is 2.08. The smallest absolute Gasteiger partial charge is 0.123 e.